The van der Waals surface area contributed by atoms with Gasteiger partial charge in [0.15, 0.2) is 17.5 Å². The summed E-state index contributed by atoms with van der Waals surface area (Å²) in [4.78, 5) is 12.4. The minimum atomic E-state index is -3.91. The normalized spacial score (nSPS) is 23.5. The molecule has 4 rings (SSSR count). The van der Waals surface area contributed by atoms with Crippen molar-refractivity contribution in [2.75, 3.05) is 0 Å². The highest BCUT2D eigenvalue weighted by atomic mass is 19.3. The molecule has 0 N–H and O–H groups in total. The van der Waals surface area contributed by atoms with Crippen LogP contribution in [0.15, 0.2) is 30.3 Å². The predicted molar refractivity (Wildman–Crippen MR) is 135 cm³/mol. The van der Waals surface area contributed by atoms with Gasteiger partial charge in [-0.15, -0.1) is 0 Å². The van der Waals surface area contributed by atoms with Crippen LogP contribution in [0.1, 0.15) is 75.8 Å². The van der Waals surface area contributed by atoms with Crippen LogP contribution in [0.2, 0.25) is 0 Å². The highest BCUT2D eigenvalue weighted by Gasteiger charge is 2.47. The van der Waals surface area contributed by atoms with Crippen molar-refractivity contribution < 1.29 is 54.1 Å². The number of hydrogen-bond acceptors (Lipinski definition) is 4. The van der Waals surface area contributed by atoms with E-state index in [1.807, 2.05) is 6.92 Å². The number of hydrogen-bond donors (Lipinski definition) is 0. The second-order valence-corrected chi connectivity index (χ2v) is 10.9. The first kappa shape index (κ1) is 32.2. The molecule has 0 saturated heterocycles. The first-order valence-electron chi connectivity index (χ1n) is 14.1. The zero-order valence-corrected chi connectivity index (χ0v) is 22.9. The lowest BCUT2D eigenvalue weighted by molar-refractivity contribution is -0.311. The lowest BCUT2D eigenvalue weighted by Crippen LogP contribution is -2.41. The van der Waals surface area contributed by atoms with E-state index in [2.05, 4.69) is 0 Å². The van der Waals surface area contributed by atoms with Crippen molar-refractivity contribution in [2.24, 2.45) is 11.8 Å². The van der Waals surface area contributed by atoms with Gasteiger partial charge >= 0.3 is 18.2 Å². The van der Waals surface area contributed by atoms with Crippen LogP contribution in [0.5, 0.6) is 5.75 Å². The van der Waals surface area contributed by atoms with Gasteiger partial charge in [0.05, 0.1) is 29.6 Å². The summed E-state index contributed by atoms with van der Waals surface area (Å²) in [5.41, 5.74) is -0.307. The van der Waals surface area contributed by atoms with Crippen LogP contribution in [0.3, 0.4) is 0 Å². The van der Waals surface area contributed by atoms with Crippen LogP contribution in [0.25, 0.3) is 0 Å². The number of carbonyl (C=O) groups is 1. The molecule has 2 aliphatic carbocycles. The van der Waals surface area contributed by atoms with Gasteiger partial charge in [-0.3, -0.25) is 4.79 Å². The van der Waals surface area contributed by atoms with Crippen LogP contribution >= 0.6 is 0 Å². The van der Waals surface area contributed by atoms with E-state index in [0.717, 1.165) is 18.6 Å². The van der Waals surface area contributed by atoms with E-state index < -0.39 is 76.8 Å². The number of esters is 1. The fourth-order valence-electron chi connectivity index (χ4n) is 5.55. The summed E-state index contributed by atoms with van der Waals surface area (Å²) in [6, 6.07) is 4.53. The Kier molecular flexibility index (Phi) is 10.2. The van der Waals surface area contributed by atoms with E-state index in [1.165, 1.54) is 6.07 Å². The molecule has 4 nitrogen and oxygen atoms in total. The van der Waals surface area contributed by atoms with Gasteiger partial charge in [-0.05, 0) is 75.5 Å². The largest absolute Gasteiger partial charge is 0.426 e. The smallest absolute Gasteiger partial charge is 0.386 e. The highest BCUT2D eigenvalue weighted by molar-refractivity contribution is 5.75. The zero-order chi connectivity index (χ0) is 30.7. The maximum atomic E-state index is 15.0. The van der Waals surface area contributed by atoms with E-state index in [-0.39, 0.29) is 51.4 Å². The van der Waals surface area contributed by atoms with E-state index in [1.54, 1.807) is 0 Å². The average molecular weight is 609 g/mol. The highest BCUT2D eigenvalue weighted by Crippen LogP contribution is 2.43. The molecule has 0 spiro atoms. The number of halogens is 8. The number of ether oxygens (including phenoxy) is 3. The van der Waals surface area contributed by atoms with Crippen LogP contribution < -0.4 is 4.74 Å². The molecule has 2 fully saturated rings. The standard InChI is InChI=1S/C30H32F8O4/c1-2-3-17-4-13-23(24(31)14-17)30(37,38)42-21-11-7-19(8-12-21)29(35,36)41-20-9-5-18(6-10-20)28(39)40-22-15-25(32)27(34)26(33)16-22/h4,13-16,18-21H,2-3,5-12H2,1H3. The summed E-state index contributed by atoms with van der Waals surface area (Å²) < 4.78 is 128. The molecule has 232 valence electrons. The van der Waals surface area contributed by atoms with Gasteiger partial charge in [-0.2, -0.15) is 17.6 Å². The van der Waals surface area contributed by atoms with E-state index >= 15 is 0 Å². The second kappa shape index (κ2) is 13.3. The van der Waals surface area contributed by atoms with Crippen LogP contribution in [0, 0.1) is 35.1 Å². The summed E-state index contributed by atoms with van der Waals surface area (Å²) in [7, 11) is 0. The van der Waals surface area contributed by atoms with Crippen molar-refractivity contribution in [3.05, 3.63) is 64.7 Å². The quantitative estimate of drug-likeness (QED) is 0.117. The minimum absolute atomic E-state index is 0.0854. The van der Waals surface area contributed by atoms with Crippen molar-refractivity contribution in [1.29, 1.82) is 0 Å². The number of rotatable bonds is 10. The summed E-state index contributed by atoms with van der Waals surface area (Å²) in [5, 5.41) is 0. The maximum absolute atomic E-state index is 15.0. The molecule has 0 amide bonds. The van der Waals surface area contributed by atoms with Crippen molar-refractivity contribution in [2.45, 2.75) is 95.6 Å². The van der Waals surface area contributed by atoms with E-state index in [9.17, 15) is 39.9 Å². The topological polar surface area (TPSA) is 44.8 Å². The van der Waals surface area contributed by atoms with Crippen LogP contribution in [-0.4, -0.2) is 24.3 Å². The summed E-state index contributed by atoms with van der Waals surface area (Å²) in [6.45, 7) is 1.88. The van der Waals surface area contributed by atoms with Crippen LogP contribution in [-0.2, 0) is 26.8 Å². The lowest BCUT2D eigenvalue weighted by atomic mass is 9.85. The molecule has 0 unspecified atom stereocenters. The molecule has 12 heteroatoms. The molecule has 2 aromatic carbocycles. The van der Waals surface area contributed by atoms with Gasteiger partial charge in [0.1, 0.15) is 11.6 Å². The molecule has 0 radical (unpaired) electrons. The Bertz CT molecular complexity index is 1210. The number of benzene rings is 2. The molecular weight excluding hydrogens is 576 g/mol. The monoisotopic (exact) mass is 608 g/mol. The van der Waals surface area contributed by atoms with Crippen molar-refractivity contribution in [1.82, 2.24) is 0 Å². The second-order valence-electron chi connectivity index (χ2n) is 10.9. The molecule has 2 aliphatic rings. The Morgan fingerprint density at radius 1 is 0.786 bits per heavy atom. The first-order chi connectivity index (χ1) is 19.8. The Labute approximate surface area is 238 Å². The van der Waals surface area contributed by atoms with Gasteiger partial charge in [-0.1, -0.05) is 19.4 Å². The average Bonchev–Trinajstić information content (AvgIpc) is 2.92. The fraction of sp³-hybridized carbons (Fsp3) is 0.567. The van der Waals surface area contributed by atoms with Crippen molar-refractivity contribution >= 4 is 5.97 Å². The molecule has 0 aliphatic heterocycles. The predicted octanol–water partition coefficient (Wildman–Crippen LogP) is 8.59. The number of carbonyl (C=O) groups excluding carboxylic acids is 1. The summed E-state index contributed by atoms with van der Waals surface area (Å²) in [6.07, 6.45) is -8.12. The van der Waals surface area contributed by atoms with Gasteiger partial charge in [0.2, 0.25) is 0 Å². The molecule has 0 bridgehead atoms. The Balaban J connectivity index is 1.23. The molecule has 42 heavy (non-hydrogen) atoms. The van der Waals surface area contributed by atoms with Crippen molar-refractivity contribution in [3.63, 3.8) is 0 Å². The summed E-state index contributed by atoms with van der Waals surface area (Å²) >= 11 is 0. The van der Waals surface area contributed by atoms with Gasteiger partial charge < -0.3 is 14.2 Å². The molecule has 2 saturated carbocycles. The minimum Gasteiger partial charge on any atom is -0.426 e. The van der Waals surface area contributed by atoms with Crippen LogP contribution in [0.4, 0.5) is 35.1 Å². The molecular formula is C30H32F8O4. The van der Waals surface area contributed by atoms with E-state index in [0.29, 0.717) is 24.1 Å². The van der Waals surface area contributed by atoms with Crippen molar-refractivity contribution in [3.8, 4) is 5.75 Å². The SMILES string of the molecule is CCCc1ccc(C(F)(F)OC2CCC(C(F)(F)OC3CCC(C(=O)Oc4cc(F)c(F)c(F)c4)CC3)CC2)c(F)c1. The molecule has 0 aromatic heterocycles. The molecule has 0 atom stereocenters. The van der Waals surface area contributed by atoms with Gasteiger partial charge in [-0.25, -0.2) is 17.6 Å². The number of alkyl halides is 4. The maximum Gasteiger partial charge on any atom is 0.386 e. The third-order valence-corrected chi connectivity index (χ3v) is 7.86. The third kappa shape index (κ3) is 7.80. The molecule has 2 aromatic rings. The van der Waals surface area contributed by atoms with Gasteiger partial charge in [0, 0.05) is 12.1 Å². The number of aryl methyl sites for hydroxylation is 1. The third-order valence-electron chi connectivity index (χ3n) is 7.86. The Morgan fingerprint density at radius 3 is 1.93 bits per heavy atom. The fourth-order valence-corrected chi connectivity index (χ4v) is 5.55. The lowest BCUT2D eigenvalue weighted by Gasteiger charge is -2.37. The first-order valence-corrected chi connectivity index (χ1v) is 14.1. The summed E-state index contributed by atoms with van der Waals surface area (Å²) in [5.74, 6) is -9.10. The zero-order valence-electron chi connectivity index (χ0n) is 22.9. The Morgan fingerprint density at radius 2 is 1.36 bits per heavy atom. The van der Waals surface area contributed by atoms with E-state index in [4.69, 9.17) is 14.2 Å². The molecule has 0 heterocycles. The Hall–Kier alpha value is -2.73. The van der Waals surface area contributed by atoms with Gasteiger partial charge in [0.25, 0.3) is 0 Å².